The molecule has 1 aliphatic heterocycles. The molecule has 4 rings (SSSR count). The number of rotatable bonds is 3. The smallest absolute Gasteiger partial charge is 0.119 e. The summed E-state index contributed by atoms with van der Waals surface area (Å²) in [7, 11) is 0. The van der Waals surface area contributed by atoms with Gasteiger partial charge in [0.25, 0.3) is 0 Å². The molecule has 1 aromatic rings. The number of aliphatic imine (C=N–C) groups is 2. The largest absolute Gasteiger partial charge is 0.330 e. The van der Waals surface area contributed by atoms with E-state index >= 15 is 0 Å². The van der Waals surface area contributed by atoms with Crippen molar-refractivity contribution in [1.29, 1.82) is 0 Å². The van der Waals surface area contributed by atoms with Gasteiger partial charge in [-0.05, 0) is 38.7 Å². The van der Waals surface area contributed by atoms with E-state index in [9.17, 15) is 0 Å². The molecule has 2 fully saturated rings. The maximum absolute atomic E-state index is 4.99. The van der Waals surface area contributed by atoms with Gasteiger partial charge in [-0.25, -0.2) is 0 Å². The average Bonchev–Trinajstić information content (AvgIpc) is 3.02. The molecule has 0 bridgehead atoms. The topological polar surface area (TPSA) is 41.7 Å². The SMILES string of the molecule is C=Cc1cc2n(c1NC(C)=NC1CCCCC1)C1(CCCCC1)CN=C2. The quantitative estimate of drug-likeness (QED) is 0.575. The molecule has 0 atom stereocenters. The third-order valence-electron chi connectivity index (χ3n) is 6.40. The zero-order valence-corrected chi connectivity index (χ0v) is 16.1. The number of aromatic nitrogens is 1. The first-order chi connectivity index (χ1) is 12.7. The summed E-state index contributed by atoms with van der Waals surface area (Å²) in [5, 5.41) is 3.67. The number of nitrogens with zero attached hydrogens (tertiary/aromatic N) is 3. The van der Waals surface area contributed by atoms with Crippen molar-refractivity contribution in [1.82, 2.24) is 4.57 Å². The Bertz CT molecular complexity index is 713. The average molecular weight is 353 g/mol. The number of fused-ring (bicyclic) bond motifs is 2. The highest BCUT2D eigenvalue weighted by Crippen LogP contribution is 2.42. The van der Waals surface area contributed by atoms with E-state index in [1.54, 1.807) is 0 Å². The van der Waals surface area contributed by atoms with E-state index in [1.807, 2.05) is 12.3 Å². The Balaban J connectivity index is 1.67. The van der Waals surface area contributed by atoms with Crippen molar-refractivity contribution in [3.8, 4) is 0 Å². The molecule has 0 amide bonds. The van der Waals surface area contributed by atoms with Crippen LogP contribution in [0.25, 0.3) is 6.08 Å². The van der Waals surface area contributed by atoms with Gasteiger partial charge in [-0.1, -0.05) is 51.2 Å². The zero-order chi connectivity index (χ0) is 18.0. The van der Waals surface area contributed by atoms with Gasteiger partial charge in [-0.15, -0.1) is 0 Å². The second-order valence-corrected chi connectivity index (χ2v) is 8.30. The summed E-state index contributed by atoms with van der Waals surface area (Å²) in [6.45, 7) is 7.07. The first-order valence-corrected chi connectivity index (χ1v) is 10.4. The summed E-state index contributed by atoms with van der Waals surface area (Å²) >= 11 is 0. The molecule has 4 nitrogen and oxygen atoms in total. The summed E-state index contributed by atoms with van der Waals surface area (Å²) < 4.78 is 2.52. The number of hydrogen-bond acceptors (Lipinski definition) is 2. The third kappa shape index (κ3) is 3.26. The van der Waals surface area contributed by atoms with E-state index < -0.39 is 0 Å². The van der Waals surface area contributed by atoms with E-state index in [2.05, 4.69) is 29.5 Å². The highest BCUT2D eigenvalue weighted by molar-refractivity contribution is 5.96. The predicted octanol–water partition coefficient (Wildman–Crippen LogP) is 5.39. The van der Waals surface area contributed by atoms with E-state index in [1.165, 1.54) is 75.7 Å². The predicted molar refractivity (Wildman–Crippen MR) is 112 cm³/mol. The lowest BCUT2D eigenvalue weighted by Gasteiger charge is -2.41. The molecule has 2 aliphatic carbocycles. The molecule has 2 saturated carbocycles. The van der Waals surface area contributed by atoms with E-state index in [4.69, 9.17) is 9.98 Å². The second kappa shape index (κ2) is 7.42. The Labute approximate surface area is 157 Å². The molecule has 1 spiro atoms. The summed E-state index contributed by atoms with van der Waals surface area (Å²) in [4.78, 5) is 9.71. The molecular formula is C22H32N4. The molecule has 1 N–H and O–H groups in total. The van der Waals surface area contributed by atoms with Crippen molar-refractivity contribution in [2.24, 2.45) is 9.98 Å². The Morgan fingerprint density at radius 2 is 1.96 bits per heavy atom. The summed E-state index contributed by atoms with van der Waals surface area (Å²) in [5.41, 5.74) is 2.51. The highest BCUT2D eigenvalue weighted by atomic mass is 15.2. The number of hydrogen-bond donors (Lipinski definition) is 1. The van der Waals surface area contributed by atoms with Crippen LogP contribution in [0.3, 0.4) is 0 Å². The first kappa shape index (κ1) is 17.6. The molecule has 0 radical (unpaired) electrons. The van der Waals surface area contributed by atoms with Gasteiger partial charge < -0.3 is 9.88 Å². The van der Waals surface area contributed by atoms with Crippen molar-refractivity contribution in [3.05, 3.63) is 23.9 Å². The fourth-order valence-corrected chi connectivity index (χ4v) is 5.10. The van der Waals surface area contributed by atoms with Gasteiger partial charge in [0, 0.05) is 11.8 Å². The summed E-state index contributed by atoms with van der Waals surface area (Å²) in [5.74, 6) is 2.20. The Morgan fingerprint density at radius 3 is 2.69 bits per heavy atom. The molecule has 0 saturated heterocycles. The monoisotopic (exact) mass is 352 g/mol. The maximum Gasteiger partial charge on any atom is 0.119 e. The van der Waals surface area contributed by atoms with Crippen LogP contribution in [0.15, 0.2) is 22.6 Å². The third-order valence-corrected chi connectivity index (χ3v) is 6.40. The molecular weight excluding hydrogens is 320 g/mol. The van der Waals surface area contributed by atoms with Crippen LogP contribution < -0.4 is 5.32 Å². The fourth-order valence-electron chi connectivity index (χ4n) is 5.10. The zero-order valence-electron chi connectivity index (χ0n) is 16.1. The summed E-state index contributed by atoms with van der Waals surface area (Å²) in [6, 6.07) is 2.71. The van der Waals surface area contributed by atoms with Crippen LogP contribution in [0.4, 0.5) is 5.82 Å². The van der Waals surface area contributed by atoms with E-state index in [-0.39, 0.29) is 5.54 Å². The molecule has 4 heteroatoms. The van der Waals surface area contributed by atoms with Gasteiger partial charge in [-0.3, -0.25) is 9.98 Å². The standard InChI is InChI=1S/C22H32N4/c1-3-18-14-20-15-23-16-22(12-8-5-9-13-22)26(20)21(18)25-17(2)24-19-10-6-4-7-11-19/h3,14-15,19H,1,4-13,16H2,2H3,(H,24,25). The molecule has 26 heavy (non-hydrogen) atoms. The summed E-state index contributed by atoms with van der Waals surface area (Å²) in [6.07, 6.45) is 16.8. The molecule has 140 valence electrons. The van der Waals surface area contributed by atoms with Gasteiger partial charge in [0.2, 0.25) is 0 Å². The minimum atomic E-state index is 0.136. The van der Waals surface area contributed by atoms with E-state index in [0.717, 1.165) is 17.9 Å². The minimum Gasteiger partial charge on any atom is -0.330 e. The van der Waals surface area contributed by atoms with Crippen LogP contribution in [-0.2, 0) is 5.54 Å². The van der Waals surface area contributed by atoms with Crippen molar-refractivity contribution >= 4 is 23.9 Å². The van der Waals surface area contributed by atoms with Crippen LogP contribution in [0, 0.1) is 0 Å². The van der Waals surface area contributed by atoms with Crippen molar-refractivity contribution in [3.63, 3.8) is 0 Å². The van der Waals surface area contributed by atoms with Gasteiger partial charge in [0.15, 0.2) is 0 Å². The Hall–Kier alpha value is -1.84. The maximum atomic E-state index is 4.99. The van der Waals surface area contributed by atoms with E-state index in [0.29, 0.717) is 6.04 Å². The number of anilines is 1. The lowest BCUT2D eigenvalue weighted by atomic mass is 9.80. The minimum absolute atomic E-state index is 0.136. The second-order valence-electron chi connectivity index (χ2n) is 8.30. The van der Waals surface area contributed by atoms with Gasteiger partial charge >= 0.3 is 0 Å². The normalized spacial score (nSPS) is 23.0. The number of nitrogens with one attached hydrogen (secondary N) is 1. The first-order valence-electron chi connectivity index (χ1n) is 10.4. The number of amidine groups is 1. The molecule has 1 aromatic heterocycles. The lowest BCUT2D eigenvalue weighted by Crippen LogP contribution is -2.42. The Kier molecular flexibility index (Phi) is 5.01. The van der Waals surface area contributed by atoms with Crippen molar-refractivity contribution < 1.29 is 0 Å². The van der Waals surface area contributed by atoms with Crippen LogP contribution >= 0.6 is 0 Å². The van der Waals surface area contributed by atoms with Crippen LogP contribution in [0.2, 0.25) is 0 Å². The van der Waals surface area contributed by atoms with Crippen molar-refractivity contribution in [2.75, 3.05) is 11.9 Å². The Morgan fingerprint density at radius 1 is 1.23 bits per heavy atom. The molecule has 3 aliphatic rings. The van der Waals surface area contributed by atoms with Crippen LogP contribution in [0.1, 0.15) is 82.4 Å². The highest BCUT2D eigenvalue weighted by Gasteiger charge is 2.38. The lowest BCUT2D eigenvalue weighted by molar-refractivity contribution is 0.202. The van der Waals surface area contributed by atoms with Gasteiger partial charge in [0.1, 0.15) is 5.82 Å². The van der Waals surface area contributed by atoms with Crippen molar-refractivity contribution in [2.45, 2.75) is 82.7 Å². The molecule has 2 heterocycles. The van der Waals surface area contributed by atoms with Gasteiger partial charge in [-0.2, -0.15) is 0 Å². The fraction of sp³-hybridized carbons (Fsp3) is 0.636. The van der Waals surface area contributed by atoms with Gasteiger partial charge in [0.05, 0.1) is 29.7 Å². The molecule has 0 unspecified atom stereocenters. The molecule has 0 aromatic carbocycles. The van der Waals surface area contributed by atoms with Crippen LogP contribution in [-0.4, -0.2) is 29.2 Å². The van der Waals surface area contributed by atoms with Crippen LogP contribution in [0.5, 0.6) is 0 Å².